The van der Waals surface area contributed by atoms with Crippen molar-refractivity contribution < 1.29 is 0 Å². The lowest BCUT2D eigenvalue weighted by Gasteiger charge is -2.28. The van der Waals surface area contributed by atoms with Crippen LogP contribution in [0.15, 0.2) is 23.9 Å². The van der Waals surface area contributed by atoms with Gasteiger partial charge in [0.2, 0.25) is 0 Å². The highest BCUT2D eigenvalue weighted by atomic mass is 79.9. The average Bonchev–Trinajstić information content (AvgIpc) is 1.83. The molecule has 0 saturated carbocycles. The third-order valence-electron chi connectivity index (χ3n) is 1.68. The van der Waals surface area contributed by atoms with Crippen molar-refractivity contribution in [2.45, 2.75) is 17.3 Å². The Morgan fingerprint density at radius 2 is 2.30 bits per heavy atom. The molecule has 0 aliphatic heterocycles. The molecule has 0 saturated heterocycles. The molecule has 1 rings (SSSR count). The molecule has 0 bridgehead atoms. The Morgan fingerprint density at radius 1 is 1.70 bits per heavy atom. The van der Waals surface area contributed by atoms with Gasteiger partial charge in [0, 0.05) is 5.70 Å². The van der Waals surface area contributed by atoms with Crippen LogP contribution < -0.4 is 11.5 Å². The van der Waals surface area contributed by atoms with E-state index in [0.717, 1.165) is 5.70 Å². The highest BCUT2D eigenvalue weighted by Gasteiger charge is 2.28. The second-order valence-corrected chi connectivity index (χ2v) is 4.36. The quantitative estimate of drug-likeness (QED) is 0.574. The maximum absolute atomic E-state index is 5.76. The Kier molecular flexibility index (Phi) is 1.88. The van der Waals surface area contributed by atoms with Gasteiger partial charge in [-0.05, 0) is 13.0 Å². The van der Waals surface area contributed by atoms with Crippen LogP contribution in [0.3, 0.4) is 0 Å². The number of hydrogen-bond donors (Lipinski definition) is 2. The van der Waals surface area contributed by atoms with Gasteiger partial charge in [0.05, 0.1) is 10.4 Å². The van der Waals surface area contributed by atoms with Gasteiger partial charge in [-0.25, -0.2) is 0 Å². The standard InChI is InChI=1S/C7H11BrN2/c1-7(8)4-2-3-5(9)6(7)10/h2-4,6H,9-10H2,1H3. The molecule has 2 atom stereocenters. The fraction of sp³-hybridized carbons (Fsp3) is 0.429. The summed E-state index contributed by atoms with van der Waals surface area (Å²) in [7, 11) is 0. The van der Waals surface area contributed by atoms with Gasteiger partial charge in [-0.2, -0.15) is 0 Å². The van der Waals surface area contributed by atoms with E-state index in [0.29, 0.717) is 0 Å². The van der Waals surface area contributed by atoms with E-state index in [4.69, 9.17) is 11.5 Å². The van der Waals surface area contributed by atoms with Crippen molar-refractivity contribution in [1.82, 2.24) is 0 Å². The molecule has 0 aromatic rings. The fourth-order valence-corrected chi connectivity index (χ4v) is 1.30. The number of hydrogen-bond acceptors (Lipinski definition) is 2. The molecule has 0 heterocycles. The van der Waals surface area contributed by atoms with E-state index in [1.807, 2.05) is 25.2 Å². The molecule has 0 aromatic heterocycles. The maximum Gasteiger partial charge on any atom is 0.0631 e. The Hall–Kier alpha value is -0.280. The summed E-state index contributed by atoms with van der Waals surface area (Å²) in [6.07, 6.45) is 5.73. The molecule has 1 aliphatic rings. The minimum absolute atomic E-state index is 0.113. The second kappa shape index (κ2) is 2.40. The van der Waals surface area contributed by atoms with E-state index in [-0.39, 0.29) is 10.4 Å². The third kappa shape index (κ3) is 1.25. The van der Waals surface area contributed by atoms with E-state index in [9.17, 15) is 0 Å². The maximum atomic E-state index is 5.76. The molecule has 0 amide bonds. The third-order valence-corrected chi connectivity index (χ3v) is 2.44. The summed E-state index contributed by atoms with van der Waals surface area (Å²) in [5.74, 6) is 0. The lowest BCUT2D eigenvalue weighted by atomic mass is 9.95. The Balaban J connectivity index is 2.89. The first-order valence-corrected chi connectivity index (χ1v) is 3.93. The summed E-state index contributed by atoms with van der Waals surface area (Å²) in [5, 5.41) is 0. The van der Waals surface area contributed by atoms with E-state index in [1.165, 1.54) is 0 Å². The van der Waals surface area contributed by atoms with Gasteiger partial charge in [-0.1, -0.05) is 28.1 Å². The first-order valence-electron chi connectivity index (χ1n) is 3.13. The number of rotatable bonds is 0. The van der Waals surface area contributed by atoms with Crippen molar-refractivity contribution in [1.29, 1.82) is 0 Å². The molecule has 2 nitrogen and oxygen atoms in total. The van der Waals surface area contributed by atoms with Gasteiger partial charge < -0.3 is 11.5 Å². The fourth-order valence-electron chi connectivity index (χ4n) is 0.881. The van der Waals surface area contributed by atoms with Crippen molar-refractivity contribution in [3.05, 3.63) is 23.9 Å². The van der Waals surface area contributed by atoms with E-state index in [1.54, 1.807) is 0 Å². The Bertz CT molecular complexity index is 194. The lowest BCUT2D eigenvalue weighted by Crippen LogP contribution is -2.44. The van der Waals surface area contributed by atoms with Crippen molar-refractivity contribution in [2.75, 3.05) is 0 Å². The summed E-state index contributed by atoms with van der Waals surface area (Å²) >= 11 is 3.47. The van der Waals surface area contributed by atoms with E-state index in [2.05, 4.69) is 15.9 Å². The zero-order chi connectivity index (χ0) is 7.78. The van der Waals surface area contributed by atoms with Crippen LogP contribution in [0, 0.1) is 0 Å². The van der Waals surface area contributed by atoms with Crippen molar-refractivity contribution >= 4 is 15.9 Å². The normalized spacial score (nSPS) is 39.5. The Morgan fingerprint density at radius 3 is 2.70 bits per heavy atom. The zero-order valence-corrected chi connectivity index (χ0v) is 7.43. The molecule has 0 fully saturated rings. The van der Waals surface area contributed by atoms with Gasteiger partial charge >= 0.3 is 0 Å². The highest BCUT2D eigenvalue weighted by molar-refractivity contribution is 9.10. The van der Waals surface area contributed by atoms with Crippen LogP contribution in [0.5, 0.6) is 0 Å². The van der Waals surface area contributed by atoms with E-state index < -0.39 is 0 Å². The highest BCUT2D eigenvalue weighted by Crippen LogP contribution is 2.27. The van der Waals surface area contributed by atoms with Gasteiger partial charge in [0.1, 0.15) is 0 Å². The largest absolute Gasteiger partial charge is 0.401 e. The average molecular weight is 203 g/mol. The molecular weight excluding hydrogens is 192 g/mol. The van der Waals surface area contributed by atoms with Crippen LogP contribution in [-0.4, -0.2) is 10.4 Å². The van der Waals surface area contributed by atoms with Gasteiger partial charge in [-0.3, -0.25) is 0 Å². The SMILES string of the molecule is CC1(Br)C=CC=C(N)C1N. The molecule has 56 valence electrons. The van der Waals surface area contributed by atoms with Crippen LogP contribution in [0.2, 0.25) is 0 Å². The predicted molar refractivity (Wildman–Crippen MR) is 46.7 cm³/mol. The minimum Gasteiger partial charge on any atom is -0.401 e. The van der Waals surface area contributed by atoms with Crippen LogP contribution in [0.25, 0.3) is 0 Å². The molecule has 0 spiro atoms. The van der Waals surface area contributed by atoms with Crippen LogP contribution >= 0.6 is 15.9 Å². The number of allylic oxidation sites excluding steroid dienone is 2. The van der Waals surface area contributed by atoms with Gasteiger partial charge in [-0.15, -0.1) is 0 Å². The van der Waals surface area contributed by atoms with Gasteiger partial charge in [0.15, 0.2) is 0 Å². The van der Waals surface area contributed by atoms with Crippen molar-refractivity contribution in [3.8, 4) is 0 Å². The molecule has 0 aromatic carbocycles. The predicted octanol–water partition coefficient (Wildman–Crippen LogP) is 0.880. The molecule has 10 heavy (non-hydrogen) atoms. The lowest BCUT2D eigenvalue weighted by molar-refractivity contribution is 0.648. The summed E-state index contributed by atoms with van der Waals surface area (Å²) in [5.41, 5.74) is 12.1. The molecule has 2 unspecified atom stereocenters. The topological polar surface area (TPSA) is 52.0 Å². The first kappa shape index (κ1) is 7.82. The smallest absolute Gasteiger partial charge is 0.0631 e. The molecule has 1 aliphatic carbocycles. The Labute approximate surface area is 69.1 Å². The molecule has 0 radical (unpaired) electrons. The number of alkyl halides is 1. The summed E-state index contributed by atoms with van der Waals surface area (Å²) < 4.78 is -0.175. The second-order valence-electron chi connectivity index (χ2n) is 2.65. The van der Waals surface area contributed by atoms with Crippen molar-refractivity contribution in [2.24, 2.45) is 11.5 Å². The van der Waals surface area contributed by atoms with Crippen LogP contribution in [0.4, 0.5) is 0 Å². The van der Waals surface area contributed by atoms with E-state index >= 15 is 0 Å². The minimum atomic E-state index is -0.175. The molecular formula is C7H11BrN2. The molecule has 4 N–H and O–H groups in total. The summed E-state index contributed by atoms with van der Waals surface area (Å²) in [4.78, 5) is 0. The number of nitrogens with two attached hydrogens (primary N) is 2. The van der Waals surface area contributed by atoms with Crippen LogP contribution in [-0.2, 0) is 0 Å². The summed E-state index contributed by atoms with van der Waals surface area (Å²) in [6.45, 7) is 1.99. The first-order chi connectivity index (χ1) is 4.54. The molecule has 3 heteroatoms. The van der Waals surface area contributed by atoms with Gasteiger partial charge in [0.25, 0.3) is 0 Å². The number of halogens is 1. The van der Waals surface area contributed by atoms with Crippen LogP contribution in [0.1, 0.15) is 6.92 Å². The zero-order valence-electron chi connectivity index (χ0n) is 5.84. The monoisotopic (exact) mass is 202 g/mol. The summed E-state index contributed by atoms with van der Waals surface area (Å²) in [6, 6.07) is -0.113. The van der Waals surface area contributed by atoms with Crippen molar-refractivity contribution in [3.63, 3.8) is 0 Å².